The zero-order valence-electron chi connectivity index (χ0n) is 8.57. The van der Waals surface area contributed by atoms with Crippen molar-refractivity contribution >= 4 is 18.4 Å². The van der Waals surface area contributed by atoms with E-state index in [0.29, 0.717) is 6.04 Å². The van der Waals surface area contributed by atoms with Crippen LogP contribution in [0.25, 0.3) is 0 Å². The number of carbonyl (C=O) groups is 1. The molecule has 1 unspecified atom stereocenters. The number of carbonyl (C=O) groups excluding carboxylic acids is 1. The van der Waals surface area contributed by atoms with Crippen molar-refractivity contribution < 1.29 is 9.63 Å². The smallest absolute Gasteiger partial charge is 0.328 e. The summed E-state index contributed by atoms with van der Waals surface area (Å²) < 4.78 is 0. The number of rotatable bonds is 2. The zero-order chi connectivity index (χ0) is 9.26. The molecule has 14 heavy (non-hydrogen) atoms. The summed E-state index contributed by atoms with van der Waals surface area (Å²) in [5.41, 5.74) is 0. The van der Waals surface area contributed by atoms with Gasteiger partial charge < -0.3 is 4.84 Å². The molecule has 4 heteroatoms. The Kier molecular flexibility index (Phi) is 4.20. The van der Waals surface area contributed by atoms with Gasteiger partial charge >= 0.3 is 5.97 Å². The van der Waals surface area contributed by atoms with E-state index in [1.807, 2.05) is 5.06 Å². The Morgan fingerprint density at radius 1 is 1.29 bits per heavy atom. The highest BCUT2D eigenvalue weighted by atomic mass is 35.5. The third kappa shape index (κ3) is 2.85. The predicted molar refractivity (Wildman–Crippen MR) is 56.1 cm³/mol. The number of hydrogen-bond donors (Lipinski definition) is 0. The van der Waals surface area contributed by atoms with Gasteiger partial charge in [0.25, 0.3) is 0 Å². The summed E-state index contributed by atoms with van der Waals surface area (Å²) in [6.45, 7) is 3.04. The Balaban J connectivity index is 0.000000980. The molecule has 0 N–H and O–H groups in total. The molecule has 3 nitrogen and oxygen atoms in total. The van der Waals surface area contributed by atoms with Crippen LogP contribution in [0.3, 0.4) is 0 Å². The lowest BCUT2D eigenvalue weighted by atomic mass is 10.1. The highest BCUT2D eigenvalue weighted by Gasteiger charge is 2.34. The lowest BCUT2D eigenvalue weighted by molar-refractivity contribution is -0.207. The maximum absolute atomic E-state index is 11.4. The van der Waals surface area contributed by atoms with Crippen molar-refractivity contribution in [3.05, 3.63) is 0 Å². The molecule has 1 atom stereocenters. The Hall–Kier alpha value is -0.280. The number of piperidine rings is 1. The van der Waals surface area contributed by atoms with Gasteiger partial charge in [-0.05, 0) is 32.6 Å². The minimum atomic E-state index is -0.00579. The minimum absolute atomic E-state index is 0. The standard InChI is InChI=1S/C10H17NO2.ClH/c1-8-4-2-3-7-11(8)13-10(12)9-5-6-9;/h8-9H,2-7H2,1H3;1H. The number of nitrogens with zero attached hydrogens (tertiary/aromatic N) is 1. The first-order chi connectivity index (χ1) is 6.27. The highest BCUT2D eigenvalue weighted by Crippen LogP contribution is 2.31. The molecule has 0 aromatic heterocycles. The van der Waals surface area contributed by atoms with Gasteiger partial charge in [0.1, 0.15) is 0 Å². The fourth-order valence-corrected chi connectivity index (χ4v) is 1.72. The van der Waals surface area contributed by atoms with Crippen molar-refractivity contribution in [3.8, 4) is 0 Å². The van der Waals surface area contributed by atoms with Crippen molar-refractivity contribution in [2.45, 2.75) is 45.1 Å². The Morgan fingerprint density at radius 3 is 2.57 bits per heavy atom. The average Bonchev–Trinajstić information content (AvgIpc) is 2.91. The Morgan fingerprint density at radius 2 is 2.00 bits per heavy atom. The summed E-state index contributed by atoms with van der Waals surface area (Å²) in [7, 11) is 0. The first-order valence-electron chi connectivity index (χ1n) is 5.26. The highest BCUT2D eigenvalue weighted by molar-refractivity contribution is 5.85. The molecule has 0 radical (unpaired) electrons. The van der Waals surface area contributed by atoms with Crippen LogP contribution < -0.4 is 0 Å². The van der Waals surface area contributed by atoms with E-state index in [-0.39, 0.29) is 24.3 Å². The maximum Gasteiger partial charge on any atom is 0.328 e. The van der Waals surface area contributed by atoms with E-state index in [1.165, 1.54) is 6.42 Å². The Bertz CT molecular complexity index is 206. The summed E-state index contributed by atoms with van der Waals surface area (Å²) in [5, 5.41) is 1.87. The largest absolute Gasteiger partial charge is 0.367 e. The first kappa shape index (κ1) is 11.8. The molecule has 1 saturated heterocycles. The number of halogens is 1. The lowest BCUT2D eigenvalue weighted by Gasteiger charge is -2.31. The van der Waals surface area contributed by atoms with Crippen molar-refractivity contribution in [2.75, 3.05) is 6.54 Å². The van der Waals surface area contributed by atoms with E-state index in [9.17, 15) is 4.79 Å². The predicted octanol–water partition coefficient (Wildman–Crippen LogP) is 2.15. The van der Waals surface area contributed by atoms with Crippen LogP contribution in [0, 0.1) is 5.92 Å². The normalized spacial score (nSPS) is 27.9. The minimum Gasteiger partial charge on any atom is -0.367 e. The van der Waals surface area contributed by atoms with Crippen molar-refractivity contribution in [1.29, 1.82) is 0 Å². The van der Waals surface area contributed by atoms with Gasteiger partial charge in [-0.1, -0.05) is 6.42 Å². The third-order valence-electron chi connectivity index (χ3n) is 2.86. The van der Waals surface area contributed by atoms with Crippen molar-refractivity contribution in [2.24, 2.45) is 5.92 Å². The van der Waals surface area contributed by atoms with Crippen LogP contribution in [0.5, 0.6) is 0 Å². The van der Waals surface area contributed by atoms with E-state index in [0.717, 1.165) is 32.2 Å². The number of hydrogen-bond acceptors (Lipinski definition) is 3. The summed E-state index contributed by atoms with van der Waals surface area (Å²) in [5.74, 6) is 0.211. The summed E-state index contributed by atoms with van der Waals surface area (Å²) in [6, 6.07) is 0.413. The van der Waals surface area contributed by atoms with Crippen LogP contribution in [0.15, 0.2) is 0 Å². The molecule has 1 aliphatic carbocycles. The van der Waals surface area contributed by atoms with Gasteiger partial charge in [0.15, 0.2) is 0 Å². The van der Waals surface area contributed by atoms with Crippen LogP contribution in [0.2, 0.25) is 0 Å². The van der Waals surface area contributed by atoms with Crippen molar-refractivity contribution in [1.82, 2.24) is 5.06 Å². The van der Waals surface area contributed by atoms with Gasteiger partial charge in [0.2, 0.25) is 0 Å². The monoisotopic (exact) mass is 219 g/mol. The van der Waals surface area contributed by atoms with Gasteiger partial charge in [0, 0.05) is 12.6 Å². The van der Waals surface area contributed by atoms with Gasteiger partial charge in [-0.25, -0.2) is 0 Å². The fraction of sp³-hybridized carbons (Fsp3) is 0.900. The summed E-state index contributed by atoms with van der Waals surface area (Å²) in [4.78, 5) is 16.7. The van der Waals surface area contributed by atoms with E-state index in [1.54, 1.807) is 0 Å². The Labute approximate surface area is 91.2 Å². The van der Waals surface area contributed by atoms with E-state index in [2.05, 4.69) is 6.92 Å². The molecule has 2 aliphatic rings. The van der Waals surface area contributed by atoms with E-state index in [4.69, 9.17) is 4.84 Å². The van der Waals surface area contributed by atoms with Gasteiger partial charge in [-0.15, -0.1) is 17.5 Å². The summed E-state index contributed by atoms with van der Waals surface area (Å²) >= 11 is 0. The fourth-order valence-electron chi connectivity index (χ4n) is 1.72. The quantitative estimate of drug-likeness (QED) is 0.713. The summed E-state index contributed by atoms with van der Waals surface area (Å²) in [6.07, 6.45) is 5.63. The van der Waals surface area contributed by atoms with Gasteiger partial charge in [0.05, 0.1) is 5.92 Å². The van der Waals surface area contributed by atoms with Crippen LogP contribution in [0.4, 0.5) is 0 Å². The molecule has 82 valence electrons. The SMILES string of the molecule is CC1CCCCN1OC(=O)C1CC1.Cl. The number of hydroxylamine groups is 2. The van der Waals surface area contributed by atoms with Crippen LogP contribution in [-0.2, 0) is 9.63 Å². The molecule has 2 fully saturated rings. The molecule has 2 rings (SSSR count). The first-order valence-corrected chi connectivity index (χ1v) is 5.26. The molecule has 0 aromatic rings. The molecule has 0 aromatic carbocycles. The molecule has 0 amide bonds. The van der Waals surface area contributed by atoms with Gasteiger partial charge in [-0.2, -0.15) is 0 Å². The van der Waals surface area contributed by atoms with Crippen LogP contribution in [-0.4, -0.2) is 23.6 Å². The molecular weight excluding hydrogens is 202 g/mol. The van der Waals surface area contributed by atoms with Crippen LogP contribution in [0.1, 0.15) is 39.0 Å². The average molecular weight is 220 g/mol. The second kappa shape index (κ2) is 4.99. The van der Waals surface area contributed by atoms with Crippen LogP contribution >= 0.6 is 12.4 Å². The van der Waals surface area contributed by atoms with E-state index < -0.39 is 0 Å². The molecule has 1 aliphatic heterocycles. The molecule has 0 bridgehead atoms. The second-order valence-electron chi connectivity index (χ2n) is 4.17. The zero-order valence-corrected chi connectivity index (χ0v) is 9.39. The van der Waals surface area contributed by atoms with Crippen molar-refractivity contribution in [3.63, 3.8) is 0 Å². The third-order valence-corrected chi connectivity index (χ3v) is 2.86. The molecule has 1 heterocycles. The molecule has 0 spiro atoms. The lowest BCUT2D eigenvalue weighted by Crippen LogP contribution is -2.39. The van der Waals surface area contributed by atoms with E-state index >= 15 is 0 Å². The van der Waals surface area contributed by atoms with Gasteiger partial charge in [-0.3, -0.25) is 4.79 Å². The molecule has 1 saturated carbocycles. The topological polar surface area (TPSA) is 29.5 Å². The maximum atomic E-state index is 11.4. The molecular formula is C10H18ClNO2. The second-order valence-corrected chi connectivity index (χ2v) is 4.17.